The lowest BCUT2D eigenvalue weighted by atomic mass is 10.1. The molecule has 0 bridgehead atoms. The molecule has 0 radical (unpaired) electrons. The Morgan fingerprint density at radius 3 is 3.00 bits per heavy atom. The number of nitrogens with one attached hydrogen (secondary N) is 1. The van der Waals surface area contributed by atoms with Crippen molar-refractivity contribution in [2.75, 3.05) is 7.05 Å². The van der Waals surface area contributed by atoms with Gasteiger partial charge in [0.25, 0.3) is 5.91 Å². The lowest BCUT2D eigenvalue weighted by molar-refractivity contribution is 0.0963. The van der Waals surface area contributed by atoms with Crippen molar-refractivity contribution < 1.29 is 9.35 Å². The minimum atomic E-state index is -0.107. The number of carbonyl (C=O) groups is 1. The Balaban J connectivity index is 2.85. The fourth-order valence-corrected chi connectivity index (χ4v) is 1.35. The van der Waals surface area contributed by atoms with Gasteiger partial charge in [-0.05, 0) is 29.7 Å². The van der Waals surface area contributed by atoms with Crippen molar-refractivity contribution in [3.05, 3.63) is 35.4 Å². The number of hydrogen-bond donors (Lipinski definition) is 2. The molecule has 0 aliphatic heterocycles. The molecular formula is C9H11NO2S. The van der Waals surface area contributed by atoms with Crippen LogP contribution in [0.1, 0.15) is 15.9 Å². The van der Waals surface area contributed by atoms with E-state index in [9.17, 15) is 4.79 Å². The molecule has 0 saturated heterocycles. The highest BCUT2D eigenvalue weighted by molar-refractivity contribution is 7.92. The summed E-state index contributed by atoms with van der Waals surface area (Å²) in [6.45, 7) is 0. The molecule has 0 heterocycles. The highest BCUT2D eigenvalue weighted by atomic mass is 32.2. The Bertz CT molecular complexity index is 301. The van der Waals surface area contributed by atoms with E-state index in [-0.39, 0.29) is 5.91 Å². The van der Waals surface area contributed by atoms with Crippen LogP contribution in [0.5, 0.6) is 0 Å². The third kappa shape index (κ3) is 2.75. The zero-order valence-electron chi connectivity index (χ0n) is 7.28. The lowest BCUT2D eigenvalue weighted by Crippen LogP contribution is -2.17. The van der Waals surface area contributed by atoms with Crippen LogP contribution in [0.3, 0.4) is 0 Å². The quantitative estimate of drug-likeness (QED) is 0.726. The van der Waals surface area contributed by atoms with Crippen LogP contribution in [0.4, 0.5) is 0 Å². The maximum Gasteiger partial charge on any atom is 0.251 e. The van der Waals surface area contributed by atoms with Crippen molar-refractivity contribution in [3.63, 3.8) is 0 Å². The summed E-state index contributed by atoms with van der Waals surface area (Å²) in [6.07, 6.45) is 0. The molecule has 0 atom stereocenters. The minimum absolute atomic E-state index is 0.107. The molecule has 3 nitrogen and oxygen atoms in total. The molecule has 0 spiro atoms. The van der Waals surface area contributed by atoms with E-state index in [1.54, 1.807) is 25.2 Å². The summed E-state index contributed by atoms with van der Waals surface area (Å²) in [5, 5.41) is 2.54. The Morgan fingerprint density at radius 2 is 2.38 bits per heavy atom. The van der Waals surface area contributed by atoms with E-state index in [0.717, 1.165) is 17.6 Å². The number of rotatable bonds is 3. The van der Waals surface area contributed by atoms with Crippen molar-refractivity contribution in [1.82, 2.24) is 5.32 Å². The molecule has 13 heavy (non-hydrogen) atoms. The molecule has 1 aromatic carbocycles. The molecule has 4 heteroatoms. The zero-order chi connectivity index (χ0) is 9.68. The van der Waals surface area contributed by atoms with Crippen LogP contribution in [0.25, 0.3) is 0 Å². The maximum absolute atomic E-state index is 11.2. The van der Waals surface area contributed by atoms with Gasteiger partial charge in [-0.15, -0.1) is 0 Å². The third-order valence-corrected chi connectivity index (χ3v) is 2.11. The Hall–Kier alpha value is -1.00. The average Bonchev–Trinajstić information content (AvgIpc) is 2.18. The maximum atomic E-state index is 11.2. The number of hydrogen-bond acceptors (Lipinski definition) is 3. The second-order valence-electron chi connectivity index (χ2n) is 2.55. The molecule has 1 aromatic rings. The third-order valence-electron chi connectivity index (χ3n) is 1.65. The first-order valence-corrected chi connectivity index (χ1v) is 4.79. The highest BCUT2D eigenvalue weighted by Crippen LogP contribution is 2.10. The normalized spacial score (nSPS) is 9.69. The number of amides is 1. The van der Waals surface area contributed by atoms with Crippen molar-refractivity contribution in [1.29, 1.82) is 0 Å². The van der Waals surface area contributed by atoms with Crippen LogP contribution < -0.4 is 5.32 Å². The van der Waals surface area contributed by atoms with Crippen molar-refractivity contribution in [3.8, 4) is 0 Å². The standard InChI is InChI=1S/C9H11NO2S/c1-10-9(11)8-4-2-3-7(5-8)6-13-12/h2-5,12H,6H2,1H3,(H,10,11). The van der Waals surface area contributed by atoms with Crippen LogP contribution in [-0.4, -0.2) is 17.5 Å². The predicted octanol–water partition coefficient (Wildman–Crippen LogP) is 1.75. The van der Waals surface area contributed by atoms with Crippen LogP contribution in [-0.2, 0) is 5.75 Å². The van der Waals surface area contributed by atoms with Gasteiger partial charge in [0, 0.05) is 18.4 Å². The summed E-state index contributed by atoms with van der Waals surface area (Å²) in [6, 6.07) is 7.18. The second kappa shape index (κ2) is 4.89. The molecular weight excluding hydrogens is 186 g/mol. The van der Waals surface area contributed by atoms with Gasteiger partial charge in [0.15, 0.2) is 0 Å². The second-order valence-corrected chi connectivity index (χ2v) is 3.10. The van der Waals surface area contributed by atoms with Crippen molar-refractivity contribution >= 4 is 17.9 Å². The van der Waals surface area contributed by atoms with Crippen LogP contribution in [0, 0.1) is 0 Å². The van der Waals surface area contributed by atoms with Gasteiger partial charge in [-0.1, -0.05) is 12.1 Å². The topological polar surface area (TPSA) is 49.3 Å². The van der Waals surface area contributed by atoms with Gasteiger partial charge in [-0.3, -0.25) is 4.79 Å². The molecule has 0 fully saturated rings. The SMILES string of the molecule is CNC(=O)c1cccc(CSO)c1. The monoisotopic (exact) mass is 197 g/mol. The van der Waals surface area contributed by atoms with E-state index in [2.05, 4.69) is 5.32 Å². The van der Waals surface area contributed by atoms with Gasteiger partial charge in [0.2, 0.25) is 0 Å². The average molecular weight is 197 g/mol. The number of benzene rings is 1. The van der Waals surface area contributed by atoms with Crippen molar-refractivity contribution in [2.45, 2.75) is 5.75 Å². The van der Waals surface area contributed by atoms with Gasteiger partial charge in [0.1, 0.15) is 0 Å². The first-order chi connectivity index (χ1) is 6.27. The van der Waals surface area contributed by atoms with E-state index < -0.39 is 0 Å². The highest BCUT2D eigenvalue weighted by Gasteiger charge is 2.02. The molecule has 0 unspecified atom stereocenters. The number of carbonyl (C=O) groups excluding carboxylic acids is 1. The zero-order valence-corrected chi connectivity index (χ0v) is 8.10. The molecule has 70 valence electrons. The Kier molecular flexibility index (Phi) is 3.79. The van der Waals surface area contributed by atoms with Crippen LogP contribution in [0.15, 0.2) is 24.3 Å². The van der Waals surface area contributed by atoms with Crippen LogP contribution in [0.2, 0.25) is 0 Å². The van der Waals surface area contributed by atoms with Gasteiger partial charge in [-0.2, -0.15) is 0 Å². The molecule has 0 saturated carbocycles. The van der Waals surface area contributed by atoms with Crippen molar-refractivity contribution in [2.24, 2.45) is 0 Å². The van der Waals surface area contributed by atoms with E-state index in [4.69, 9.17) is 4.55 Å². The van der Waals surface area contributed by atoms with Gasteiger partial charge in [-0.25, -0.2) is 0 Å². The summed E-state index contributed by atoms with van der Waals surface area (Å²) in [4.78, 5) is 11.2. The molecule has 2 N–H and O–H groups in total. The molecule has 1 rings (SSSR count). The smallest absolute Gasteiger partial charge is 0.251 e. The predicted molar refractivity (Wildman–Crippen MR) is 53.8 cm³/mol. The fourth-order valence-electron chi connectivity index (χ4n) is 1.02. The van der Waals surface area contributed by atoms with E-state index in [1.807, 2.05) is 6.07 Å². The molecule has 0 aliphatic rings. The fraction of sp³-hybridized carbons (Fsp3) is 0.222. The molecule has 0 aliphatic carbocycles. The first-order valence-electron chi connectivity index (χ1n) is 3.85. The molecule has 1 amide bonds. The van der Waals surface area contributed by atoms with Gasteiger partial charge < -0.3 is 9.87 Å². The van der Waals surface area contributed by atoms with Gasteiger partial charge in [0.05, 0.1) is 0 Å². The Morgan fingerprint density at radius 1 is 1.62 bits per heavy atom. The minimum Gasteiger partial charge on any atom is -0.355 e. The largest absolute Gasteiger partial charge is 0.355 e. The first kappa shape index (κ1) is 10.1. The lowest BCUT2D eigenvalue weighted by Gasteiger charge is -2.01. The summed E-state index contributed by atoms with van der Waals surface area (Å²) < 4.78 is 8.62. The van der Waals surface area contributed by atoms with Crippen LogP contribution >= 0.6 is 12.0 Å². The van der Waals surface area contributed by atoms with E-state index in [1.165, 1.54) is 0 Å². The summed E-state index contributed by atoms with van der Waals surface area (Å²) >= 11 is 0.751. The summed E-state index contributed by atoms with van der Waals surface area (Å²) in [5.41, 5.74) is 1.56. The Labute approximate surface area is 81.4 Å². The van der Waals surface area contributed by atoms with E-state index in [0.29, 0.717) is 11.3 Å². The van der Waals surface area contributed by atoms with Gasteiger partial charge >= 0.3 is 0 Å². The van der Waals surface area contributed by atoms with E-state index >= 15 is 0 Å². The summed E-state index contributed by atoms with van der Waals surface area (Å²) in [5.74, 6) is 0.398. The molecule has 0 aromatic heterocycles. The summed E-state index contributed by atoms with van der Waals surface area (Å²) in [7, 11) is 1.59.